The van der Waals surface area contributed by atoms with Gasteiger partial charge in [-0.3, -0.25) is 9.59 Å². The quantitative estimate of drug-likeness (QED) is 0.370. The van der Waals surface area contributed by atoms with Crippen molar-refractivity contribution < 1.29 is 65.1 Å². The van der Waals surface area contributed by atoms with E-state index in [4.69, 9.17) is 10.2 Å². The van der Waals surface area contributed by atoms with Gasteiger partial charge in [-0.15, -0.1) is 0 Å². The van der Waals surface area contributed by atoms with Crippen molar-refractivity contribution in [1.82, 2.24) is 0 Å². The van der Waals surface area contributed by atoms with Crippen molar-refractivity contribution in [3.63, 3.8) is 0 Å². The van der Waals surface area contributed by atoms with Crippen LogP contribution in [0.5, 0.6) is 0 Å². The molecule has 0 unspecified atom stereocenters. The van der Waals surface area contributed by atoms with E-state index in [-0.39, 0.29) is 51.3 Å². The molecule has 0 fully saturated rings. The van der Waals surface area contributed by atoms with Crippen LogP contribution >= 0.6 is 0 Å². The number of rotatable bonds is 4. The third-order valence-corrected chi connectivity index (χ3v) is 1.14. The second-order valence-corrected chi connectivity index (χ2v) is 4.77. The van der Waals surface area contributed by atoms with Gasteiger partial charge in [0.05, 0.1) is 27.1 Å². The molecular weight excluding hydrogens is 411 g/mol. The topological polar surface area (TPSA) is 127 Å². The zero-order valence-corrected chi connectivity index (χ0v) is 18.3. The van der Waals surface area contributed by atoms with E-state index in [1.807, 2.05) is 0 Å². The number of ketones is 2. The van der Waals surface area contributed by atoms with Gasteiger partial charge in [-0.1, -0.05) is 0 Å². The maximum absolute atomic E-state index is 10.1. The Morgan fingerprint density at radius 2 is 0.920 bits per heavy atom. The Labute approximate surface area is 169 Å². The van der Waals surface area contributed by atoms with Crippen LogP contribution in [-0.2, 0) is 54.9 Å². The molecule has 0 spiro atoms. The summed E-state index contributed by atoms with van der Waals surface area (Å²) in [6.07, 6.45) is -0.785. The van der Waals surface area contributed by atoms with Gasteiger partial charge < -0.3 is 43.1 Å². The van der Waals surface area contributed by atoms with Gasteiger partial charge in [0.15, 0.2) is 0 Å². The molecule has 0 bridgehead atoms. The molecule has 2 N–H and O–H groups in total. The second kappa shape index (κ2) is 25.1. The van der Waals surface area contributed by atoms with E-state index in [1.165, 1.54) is 14.2 Å². The Kier molecular flexibility index (Phi) is 35.1. The summed E-state index contributed by atoms with van der Waals surface area (Å²) in [5.41, 5.74) is 0. The monoisotopic (exact) mass is 440 g/mol. The number of carbonyl (C=O) groups is 4. The van der Waals surface area contributed by atoms with Crippen molar-refractivity contribution in [2.75, 3.05) is 14.2 Å². The normalized spacial score (nSPS) is 8.08. The minimum absolute atomic E-state index is 0. The smallest absolute Gasteiger partial charge is 0.469 e. The maximum Gasteiger partial charge on any atom is 2.00 e. The zero-order valence-electron chi connectivity index (χ0n) is 15.8. The van der Waals surface area contributed by atoms with Gasteiger partial charge in [-0.05, 0) is 27.7 Å². The number of aliphatic hydroxyl groups excluding tert-OH is 2. The zero-order chi connectivity index (χ0) is 20.3. The number of carbonyl (C=O) groups excluding carboxylic acids is 4. The Morgan fingerprint density at radius 3 is 0.960 bits per heavy atom. The van der Waals surface area contributed by atoms with Crippen molar-refractivity contribution in [1.29, 1.82) is 0 Å². The van der Waals surface area contributed by atoms with Crippen LogP contribution in [0.3, 0.4) is 0 Å². The van der Waals surface area contributed by atoms with E-state index in [0.29, 0.717) is 0 Å². The van der Waals surface area contributed by atoms with Crippen molar-refractivity contribution in [3.05, 3.63) is 13.8 Å². The molecule has 0 atom stereocenters. The van der Waals surface area contributed by atoms with Crippen LogP contribution in [0.15, 0.2) is 0 Å². The molecule has 0 aromatic heterocycles. The van der Waals surface area contributed by atoms with E-state index in [2.05, 4.69) is 23.3 Å². The fraction of sp³-hybridized carbons (Fsp3) is 0.625. The summed E-state index contributed by atoms with van der Waals surface area (Å²) in [6.45, 7) is 12.9. The standard InChI is InChI=1S/2C5H7O3.2C3H8O.Zr/c2*1-4(6)3-5(7)8-2;2*1-3(2)4;/h2*1,3H2,2H3;2*3-4H,1-2H3;/q2*-1;;;+2. The molecule has 0 saturated heterocycles. The summed E-state index contributed by atoms with van der Waals surface area (Å²) in [4.78, 5) is 40.3. The van der Waals surface area contributed by atoms with Gasteiger partial charge in [0.25, 0.3) is 0 Å². The van der Waals surface area contributed by atoms with Gasteiger partial charge >= 0.3 is 38.1 Å². The van der Waals surface area contributed by atoms with Crippen LogP contribution in [0.2, 0.25) is 0 Å². The molecule has 0 heterocycles. The van der Waals surface area contributed by atoms with E-state index in [0.717, 1.165) is 0 Å². The van der Waals surface area contributed by atoms with E-state index >= 15 is 0 Å². The van der Waals surface area contributed by atoms with E-state index in [1.54, 1.807) is 27.7 Å². The molecular formula is C16H30O8Zr. The van der Waals surface area contributed by atoms with Gasteiger partial charge in [0.2, 0.25) is 0 Å². The molecule has 0 aliphatic carbocycles. The van der Waals surface area contributed by atoms with Crippen LogP contribution in [0.25, 0.3) is 0 Å². The Morgan fingerprint density at radius 1 is 0.760 bits per heavy atom. The number of esters is 2. The van der Waals surface area contributed by atoms with Crippen molar-refractivity contribution in [3.8, 4) is 0 Å². The number of methoxy groups -OCH3 is 2. The first-order chi connectivity index (χ1) is 10.8. The van der Waals surface area contributed by atoms with Crippen LogP contribution < -0.4 is 0 Å². The summed E-state index contributed by atoms with van der Waals surface area (Å²) in [5.74, 6) is -1.91. The number of Topliss-reactive ketones (excluding diaryl/α,β-unsaturated/α-hetero) is 2. The molecule has 0 aliphatic rings. The van der Waals surface area contributed by atoms with Gasteiger partial charge in [-0.25, -0.2) is 0 Å². The summed E-state index contributed by atoms with van der Waals surface area (Å²) in [5, 5.41) is 16.1. The first-order valence-electron chi connectivity index (χ1n) is 6.99. The number of hydrogen-bond acceptors (Lipinski definition) is 8. The molecule has 0 rings (SSSR count). The first-order valence-corrected chi connectivity index (χ1v) is 6.99. The van der Waals surface area contributed by atoms with E-state index < -0.39 is 23.5 Å². The van der Waals surface area contributed by atoms with Gasteiger partial charge in [0.1, 0.15) is 0 Å². The molecule has 0 radical (unpaired) electrons. The molecule has 146 valence electrons. The predicted molar refractivity (Wildman–Crippen MR) is 88.7 cm³/mol. The predicted octanol–water partition coefficient (Wildman–Crippen LogP) is 0.677. The third-order valence-electron chi connectivity index (χ3n) is 1.14. The molecule has 0 aliphatic heterocycles. The molecule has 9 heteroatoms. The first kappa shape index (κ1) is 35.0. The van der Waals surface area contributed by atoms with Crippen LogP contribution in [0.4, 0.5) is 0 Å². The second-order valence-electron chi connectivity index (χ2n) is 4.77. The Bertz CT molecular complexity index is 315. The molecule has 0 saturated carbocycles. The molecule has 25 heavy (non-hydrogen) atoms. The number of hydrogen-bond donors (Lipinski definition) is 2. The number of aliphatic hydroxyl groups is 2. The van der Waals surface area contributed by atoms with Gasteiger partial charge in [-0.2, -0.15) is 0 Å². The minimum Gasteiger partial charge on any atom is -0.469 e. The van der Waals surface area contributed by atoms with Crippen LogP contribution in [0.1, 0.15) is 40.5 Å². The van der Waals surface area contributed by atoms with E-state index in [9.17, 15) is 19.2 Å². The molecule has 0 amide bonds. The fourth-order valence-corrected chi connectivity index (χ4v) is 0.466. The summed E-state index contributed by atoms with van der Waals surface area (Å²) >= 11 is 0. The Hall–Kier alpha value is -1.18. The Balaban J connectivity index is -0.0000000739. The summed E-state index contributed by atoms with van der Waals surface area (Å²) in [7, 11) is 2.45. The van der Waals surface area contributed by atoms with Crippen LogP contribution in [-0.4, -0.2) is 60.1 Å². The van der Waals surface area contributed by atoms with Gasteiger partial charge in [0, 0.05) is 23.8 Å². The molecule has 0 aromatic rings. The minimum atomic E-state index is -0.537. The molecule has 8 nitrogen and oxygen atoms in total. The molecule has 0 aromatic carbocycles. The van der Waals surface area contributed by atoms with Crippen molar-refractivity contribution >= 4 is 23.5 Å². The summed E-state index contributed by atoms with van der Waals surface area (Å²) in [6, 6.07) is 0. The SMILES string of the molecule is CC(C)O.CC(C)O.[CH2-]C(=O)CC(=O)OC.[CH2-]C(=O)CC(=O)OC.[Zr+2]. The largest absolute Gasteiger partial charge is 2.00 e. The fourth-order valence-electron chi connectivity index (χ4n) is 0.466. The van der Waals surface area contributed by atoms with Crippen molar-refractivity contribution in [2.45, 2.75) is 52.7 Å². The van der Waals surface area contributed by atoms with Crippen molar-refractivity contribution in [2.24, 2.45) is 0 Å². The summed E-state index contributed by atoms with van der Waals surface area (Å²) < 4.78 is 8.32. The number of ether oxygens (including phenoxy) is 2. The maximum atomic E-state index is 10.1. The average molecular weight is 442 g/mol. The third kappa shape index (κ3) is 84.5. The average Bonchev–Trinajstić information content (AvgIpc) is 2.36. The van der Waals surface area contributed by atoms with Crippen LogP contribution in [0, 0.1) is 13.8 Å².